The Balaban J connectivity index is 1.93. The Morgan fingerprint density at radius 3 is 2.06 bits per heavy atom. The van der Waals surface area contributed by atoms with Gasteiger partial charge in [0.25, 0.3) is 0 Å². The van der Waals surface area contributed by atoms with Gasteiger partial charge in [0.15, 0.2) is 0 Å². The molecule has 104 valence electrons. The topological polar surface area (TPSA) is 20.2 Å². The zero-order valence-corrected chi connectivity index (χ0v) is 12.6. The van der Waals surface area contributed by atoms with E-state index in [1.54, 1.807) is 0 Å². The normalized spacial score (nSPS) is 53.5. The van der Waals surface area contributed by atoms with Crippen molar-refractivity contribution in [2.24, 2.45) is 28.1 Å². The second-order valence-electron chi connectivity index (χ2n) is 8.82. The Morgan fingerprint density at radius 2 is 1.61 bits per heavy atom. The molecule has 4 fully saturated rings. The molecular formula is C17H30O. The molecule has 4 saturated carbocycles. The van der Waals surface area contributed by atoms with Crippen molar-refractivity contribution in [1.29, 1.82) is 0 Å². The van der Waals surface area contributed by atoms with Gasteiger partial charge in [-0.1, -0.05) is 34.1 Å². The fourth-order valence-electron chi connectivity index (χ4n) is 6.69. The average Bonchev–Trinajstić information content (AvgIpc) is 2.22. The predicted molar refractivity (Wildman–Crippen MR) is 75.3 cm³/mol. The van der Waals surface area contributed by atoms with Crippen LogP contribution >= 0.6 is 0 Å². The first-order valence-corrected chi connectivity index (χ1v) is 7.98. The van der Waals surface area contributed by atoms with E-state index in [-0.39, 0.29) is 11.5 Å². The van der Waals surface area contributed by atoms with Gasteiger partial charge in [-0.05, 0) is 66.6 Å². The van der Waals surface area contributed by atoms with Gasteiger partial charge in [-0.2, -0.15) is 0 Å². The highest BCUT2D eigenvalue weighted by Crippen LogP contribution is 2.70. The van der Waals surface area contributed by atoms with Crippen molar-refractivity contribution in [3.05, 3.63) is 0 Å². The summed E-state index contributed by atoms with van der Waals surface area (Å²) >= 11 is 0. The van der Waals surface area contributed by atoms with Crippen LogP contribution in [0.1, 0.15) is 72.6 Å². The van der Waals surface area contributed by atoms with Gasteiger partial charge in [-0.25, -0.2) is 0 Å². The van der Waals surface area contributed by atoms with Crippen LogP contribution in [0.3, 0.4) is 0 Å². The molecule has 4 rings (SSSR count). The summed E-state index contributed by atoms with van der Waals surface area (Å²) in [6.45, 7) is 9.45. The van der Waals surface area contributed by atoms with Gasteiger partial charge in [-0.3, -0.25) is 0 Å². The van der Waals surface area contributed by atoms with Crippen molar-refractivity contribution < 1.29 is 5.11 Å². The molecule has 0 amide bonds. The number of rotatable bonds is 3. The van der Waals surface area contributed by atoms with Crippen LogP contribution in [-0.2, 0) is 0 Å². The van der Waals surface area contributed by atoms with Gasteiger partial charge in [0, 0.05) is 0 Å². The van der Waals surface area contributed by atoms with E-state index < -0.39 is 0 Å². The van der Waals surface area contributed by atoms with E-state index >= 15 is 0 Å². The summed E-state index contributed by atoms with van der Waals surface area (Å²) in [5.74, 6) is 1.36. The maximum Gasteiger partial charge on any atom is 0.0622 e. The van der Waals surface area contributed by atoms with E-state index in [0.717, 1.165) is 12.3 Å². The molecule has 0 aromatic carbocycles. The molecule has 1 heteroatoms. The molecule has 0 radical (unpaired) electrons. The summed E-state index contributed by atoms with van der Waals surface area (Å²) in [4.78, 5) is 0. The van der Waals surface area contributed by atoms with Crippen LogP contribution < -0.4 is 0 Å². The van der Waals surface area contributed by atoms with Crippen LogP contribution in [0.5, 0.6) is 0 Å². The van der Waals surface area contributed by atoms with Crippen LogP contribution in [0.2, 0.25) is 0 Å². The summed E-state index contributed by atoms with van der Waals surface area (Å²) in [5, 5.41) is 10.9. The van der Waals surface area contributed by atoms with Crippen molar-refractivity contribution in [3.63, 3.8) is 0 Å². The van der Waals surface area contributed by atoms with Gasteiger partial charge >= 0.3 is 0 Å². The Hall–Kier alpha value is -0.0400. The molecular weight excluding hydrogens is 220 g/mol. The molecule has 0 aromatic rings. The van der Waals surface area contributed by atoms with Gasteiger partial charge in [0.2, 0.25) is 0 Å². The van der Waals surface area contributed by atoms with E-state index in [1.807, 2.05) is 0 Å². The van der Waals surface area contributed by atoms with Crippen molar-refractivity contribution >= 4 is 0 Å². The maximum absolute atomic E-state index is 10.9. The lowest BCUT2D eigenvalue weighted by Gasteiger charge is -2.67. The lowest BCUT2D eigenvalue weighted by atomic mass is 9.39. The second-order valence-corrected chi connectivity index (χ2v) is 8.82. The summed E-state index contributed by atoms with van der Waals surface area (Å²) in [6.07, 6.45) is 9.20. The molecule has 4 unspecified atom stereocenters. The van der Waals surface area contributed by atoms with Crippen LogP contribution in [-0.4, -0.2) is 11.2 Å². The third kappa shape index (κ3) is 1.77. The van der Waals surface area contributed by atoms with Crippen LogP contribution in [0, 0.1) is 28.1 Å². The van der Waals surface area contributed by atoms with Crippen molar-refractivity contribution in [1.82, 2.24) is 0 Å². The fraction of sp³-hybridized carbons (Fsp3) is 1.00. The molecule has 18 heavy (non-hydrogen) atoms. The molecule has 4 aliphatic rings. The molecule has 0 aromatic heterocycles. The van der Waals surface area contributed by atoms with Gasteiger partial charge < -0.3 is 5.11 Å². The van der Waals surface area contributed by atoms with Gasteiger partial charge in [0.1, 0.15) is 0 Å². The summed E-state index contributed by atoms with van der Waals surface area (Å²) < 4.78 is 0. The zero-order chi connectivity index (χ0) is 13.2. The molecule has 4 aliphatic carbocycles. The maximum atomic E-state index is 10.9. The SMILES string of the molecule is CCC(C)C(O)C12CC3CC(C)(CC(C)(C3)C1)C2. The molecule has 1 nitrogen and oxygen atoms in total. The quantitative estimate of drug-likeness (QED) is 0.787. The van der Waals surface area contributed by atoms with Crippen molar-refractivity contribution in [2.45, 2.75) is 78.7 Å². The van der Waals surface area contributed by atoms with E-state index in [2.05, 4.69) is 27.7 Å². The van der Waals surface area contributed by atoms with Crippen LogP contribution in [0.15, 0.2) is 0 Å². The average molecular weight is 250 g/mol. The number of hydrogen-bond donors (Lipinski definition) is 1. The monoisotopic (exact) mass is 250 g/mol. The summed E-state index contributed by atoms with van der Waals surface area (Å²) in [5.41, 5.74) is 1.32. The minimum Gasteiger partial charge on any atom is -0.392 e. The van der Waals surface area contributed by atoms with Crippen LogP contribution in [0.4, 0.5) is 0 Å². The predicted octanol–water partition coefficient (Wildman–Crippen LogP) is 4.39. The highest BCUT2D eigenvalue weighted by molar-refractivity contribution is 5.12. The van der Waals surface area contributed by atoms with E-state index in [9.17, 15) is 5.11 Å². The number of hydrogen-bond acceptors (Lipinski definition) is 1. The number of aliphatic hydroxyl groups excluding tert-OH is 1. The Morgan fingerprint density at radius 1 is 1.06 bits per heavy atom. The first kappa shape index (κ1) is 13.0. The molecule has 0 aliphatic heterocycles. The smallest absolute Gasteiger partial charge is 0.0622 e. The lowest BCUT2D eigenvalue weighted by molar-refractivity contribution is -0.195. The molecule has 4 bridgehead atoms. The summed E-state index contributed by atoms with van der Waals surface area (Å²) in [7, 11) is 0. The van der Waals surface area contributed by atoms with E-state index in [0.29, 0.717) is 16.7 Å². The number of aliphatic hydroxyl groups is 1. The standard InChI is InChI=1S/C17H30O/c1-5-12(2)14(18)17-8-13-6-15(3,10-17)9-16(4,7-13)11-17/h12-14,18H,5-11H2,1-4H3. The van der Waals surface area contributed by atoms with Crippen LogP contribution in [0.25, 0.3) is 0 Å². The Labute approximate surface area is 112 Å². The molecule has 0 spiro atoms. The Bertz CT molecular complexity index is 330. The molecule has 4 atom stereocenters. The Kier molecular flexibility index (Phi) is 2.70. The minimum absolute atomic E-state index is 0.0652. The largest absolute Gasteiger partial charge is 0.392 e. The fourth-order valence-corrected chi connectivity index (χ4v) is 6.69. The highest BCUT2D eigenvalue weighted by atomic mass is 16.3. The third-order valence-electron chi connectivity index (χ3n) is 6.48. The molecule has 0 heterocycles. The van der Waals surface area contributed by atoms with Gasteiger partial charge in [0.05, 0.1) is 6.10 Å². The van der Waals surface area contributed by atoms with Gasteiger partial charge in [-0.15, -0.1) is 0 Å². The van der Waals surface area contributed by atoms with Crippen molar-refractivity contribution in [3.8, 4) is 0 Å². The third-order valence-corrected chi connectivity index (χ3v) is 6.48. The van der Waals surface area contributed by atoms with Crippen molar-refractivity contribution in [2.75, 3.05) is 0 Å². The first-order chi connectivity index (χ1) is 8.30. The first-order valence-electron chi connectivity index (χ1n) is 7.98. The zero-order valence-electron chi connectivity index (χ0n) is 12.6. The highest BCUT2D eigenvalue weighted by Gasteiger charge is 2.62. The summed E-state index contributed by atoms with van der Waals surface area (Å²) in [6, 6.07) is 0. The molecule has 1 N–H and O–H groups in total. The minimum atomic E-state index is -0.0652. The van der Waals surface area contributed by atoms with E-state index in [1.165, 1.54) is 38.5 Å². The van der Waals surface area contributed by atoms with E-state index in [4.69, 9.17) is 0 Å². The lowest BCUT2D eigenvalue weighted by Crippen LogP contribution is -2.59. The molecule has 0 saturated heterocycles. The second kappa shape index (κ2) is 3.75.